The van der Waals surface area contributed by atoms with Crippen LogP contribution in [0.2, 0.25) is 0 Å². The Hall–Kier alpha value is -2.86. The summed E-state index contributed by atoms with van der Waals surface area (Å²) in [5, 5.41) is 2.85. The van der Waals surface area contributed by atoms with E-state index in [0.717, 1.165) is 21.8 Å². The summed E-state index contributed by atoms with van der Waals surface area (Å²) >= 11 is 0. The maximum Gasteiger partial charge on any atom is 0.287 e. The average molecular weight is 412 g/mol. The van der Waals surface area contributed by atoms with Crippen LogP contribution in [-0.4, -0.2) is 23.3 Å². The molecule has 0 bridgehead atoms. The minimum atomic E-state index is -1.22. The molecule has 0 aliphatic rings. The fraction of sp³-hybridized carbons (Fsp3) is 0.261. The van der Waals surface area contributed by atoms with Crippen molar-refractivity contribution in [2.24, 2.45) is 0 Å². The highest BCUT2D eigenvalue weighted by atomic mass is 32.2. The molecule has 29 heavy (non-hydrogen) atoms. The van der Waals surface area contributed by atoms with Gasteiger partial charge in [-0.25, -0.2) is 0 Å². The van der Waals surface area contributed by atoms with Crippen molar-refractivity contribution in [3.05, 3.63) is 83.3 Å². The van der Waals surface area contributed by atoms with Crippen molar-refractivity contribution >= 4 is 16.7 Å². The van der Waals surface area contributed by atoms with Crippen LogP contribution >= 0.6 is 0 Å². The standard InChI is InChI=1S/C23H25NO4S/c1-3-27-19-10-8-18(9-11-19)14-15-24-23(25)21-13-12-20(28-21)16-29(26)22-7-5-4-6-17(22)2/h4-13H,3,14-16H2,1-2H3,(H,24,25). The average Bonchev–Trinajstić information content (AvgIpc) is 3.18. The van der Waals surface area contributed by atoms with Gasteiger partial charge in [0.2, 0.25) is 0 Å². The zero-order chi connectivity index (χ0) is 20.6. The highest BCUT2D eigenvalue weighted by Gasteiger charge is 2.14. The lowest BCUT2D eigenvalue weighted by atomic mass is 10.1. The molecule has 3 rings (SSSR count). The number of carbonyl (C=O) groups excluding carboxylic acids is 1. The summed E-state index contributed by atoms with van der Waals surface area (Å²) in [4.78, 5) is 13.1. The molecule has 2 aromatic carbocycles. The van der Waals surface area contributed by atoms with Crippen molar-refractivity contribution in [2.45, 2.75) is 30.9 Å². The van der Waals surface area contributed by atoms with Gasteiger partial charge in [0.15, 0.2) is 5.76 Å². The lowest BCUT2D eigenvalue weighted by molar-refractivity contribution is 0.0925. The molecule has 0 aliphatic carbocycles. The molecule has 0 radical (unpaired) electrons. The molecule has 6 heteroatoms. The molecule has 5 nitrogen and oxygen atoms in total. The quantitative estimate of drug-likeness (QED) is 0.571. The summed E-state index contributed by atoms with van der Waals surface area (Å²) in [5.41, 5.74) is 2.09. The van der Waals surface area contributed by atoms with Crippen LogP contribution in [0.3, 0.4) is 0 Å². The number of ether oxygens (including phenoxy) is 1. The Morgan fingerprint density at radius 2 is 1.83 bits per heavy atom. The zero-order valence-corrected chi connectivity index (χ0v) is 17.5. The van der Waals surface area contributed by atoms with Crippen molar-refractivity contribution < 1.29 is 18.2 Å². The molecule has 0 saturated carbocycles. The minimum absolute atomic E-state index is 0.230. The minimum Gasteiger partial charge on any atom is -0.494 e. The van der Waals surface area contributed by atoms with Gasteiger partial charge < -0.3 is 14.5 Å². The molecule has 0 aliphatic heterocycles. The van der Waals surface area contributed by atoms with E-state index in [1.54, 1.807) is 12.1 Å². The van der Waals surface area contributed by atoms with Crippen molar-refractivity contribution in [3.63, 3.8) is 0 Å². The van der Waals surface area contributed by atoms with Gasteiger partial charge in [0.05, 0.1) is 23.2 Å². The van der Waals surface area contributed by atoms with Gasteiger partial charge in [-0.2, -0.15) is 0 Å². The zero-order valence-electron chi connectivity index (χ0n) is 16.6. The lowest BCUT2D eigenvalue weighted by Gasteiger charge is -2.06. The Bertz CT molecular complexity index is 979. The number of benzene rings is 2. The normalized spacial score (nSPS) is 11.8. The number of aryl methyl sites for hydroxylation is 1. The number of rotatable bonds is 9. The summed E-state index contributed by atoms with van der Waals surface area (Å²) in [6.07, 6.45) is 0.711. The molecule has 1 atom stereocenters. The molecular weight excluding hydrogens is 386 g/mol. The second-order valence-corrected chi connectivity index (χ2v) is 8.02. The first-order chi connectivity index (χ1) is 14.1. The summed E-state index contributed by atoms with van der Waals surface area (Å²) in [6, 6.07) is 18.7. The van der Waals surface area contributed by atoms with E-state index in [1.165, 1.54) is 0 Å². The fourth-order valence-electron chi connectivity index (χ4n) is 2.92. The number of nitrogens with one attached hydrogen (secondary N) is 1. The first-order valence-electron chi connectivity index (χ1n) is 9.59. The Balaban J connectivity index is 1.50. The number of carbonyl (C=O) groups is 1. The van der Waals surface area contributed by atoms with Gasteiger partial charge in [-0.15, -0.1) is 0 Å². The van der Waals surface area contributed by atoms with E-state index in [0.29, 0.717) is 25.3 Å². The Kier molecular flexibility index (Phi) is 7.25. The van der Waals surface area contributed by atoms with Crippen LogP contribution in [0.1, 0.15) is 34.4 Å². The number of furan rings is 1. The van der Waals surface area contributed by atoms with E-state index >= 15 is 0 Å². The third-order valence-corrected chi connectivity index (χ3v) is 5.93. The lowest BCUT2D eigenvalue weighted by Crippen LogP contribution is -2.25. The van der Waals surface area contributed by atoms with Crippen LogP contribution in [0.5, 0.6) is 5.75 Å². The summed E-state index contributed by atoms with van der Waals surface area (Å²) in [5.74, 6) is 1.57. The van der Waals surface area contributed by atoms with Gasteiger partial charge in [-0.1, -0.05) is 30.3 Å². The second kappa shape index (κ2) is 10.1. The number of hydrogen-bond donors (Lipinski definition) is 1. The molecule has 0 fully saturated rings. The fourth-order valence-corrected chi connectivity index (χ4v) is 4.15. The van der Waals surface area contributed by atoms with E-state index in [2.05, 4.69) is 5.32 Å². The first-order valence-corrected chi connectivity index (χ1v) is 10.9. The topological polar surface area (TPSA) is 68.5 Å². The molecule has 1 heterocycles. The van der Waals surface area contributed by atoms with Crippen LogP contribution in [0, 0.1) is 6.92 Å². The van der Waals surface area contributed by atoms with E-state index in [1.807, 2.05) is 62.4 Å². The van der Waals surface area contributed by atoms with Gasteiger partial charge in [0.25, 0.3) is 5.91 Å². The molecule has 0 saturated heterocycles. The van der Waals surface area contributed by atoms with Crippen LogP contribution in [0.15, 0.2) is 70.0 Å². The smallest absolute Gasteiger partial charge is 0.287 e. The van der Waals surface area contributed by atoms with Gasteiger partial charge >= 0.3 is 0 Å². The molecule has 152 valence electrons. The highest BCUT2D eigenvalue weighted by Crippen LogP contribution is 2.18. The molecule has 1 unspecified atom stereocenters. The third kappa shape index (κ3) is 5.81. The largest absolute Gasteiger partial charge is 0.494 e. The highest BCUT2D eigenvalue weighted by molar-refractivity contribution is 7.84. The molecule has 1 amide bonds. The van der Waals surface area contributed by atoms with E-state index in [9.17, 15) is 9.00 Å². The molecular formula is C23H25NO4S. The van der Waals surface area contributed by atoms with Crippen molar-refractivity contribution in [3.8, 4) is 5.75 Å². The molecule has 1 aromatic heterocycles. The molecule has 0 spiro atoms. The second-order valence-electron chi connectivity index (χ2n) is 6.60. The van der Waals surface area contributed by atoms with Crippen LogP contribution in [-0.2, 0) is 23.0 Å². The maximum atomic E-state index is 12.5. The molecule has 3 aromatic rings. The number of amides is 1. The third-order valence-electron chi connectivity index (χ3n) is 4.43. The monoisotopic (exact) mass is 411 g/mol. The van der Waals surface area contributed by atoms with Gasteiger partial charge in [-0.3, -0.25) is 9.00 Å². The van der Waals surface area contributed by atoms with Crippen molar-refractivity contribution in [1.29, 1.82) is 0 Å². The van der Waals surface area contributed by atoms with E-state index < -0.39 is 10.8 Å². The van der Waals surface area contributed by atoms with Crippen LogP contribution in [0.4, 0.5) is 0 Å². The Labute approximate surface area is 173 Å². The maximum absolute atomic E-state index is 12.5. The first kappa shape index (κ1) is 20.9. The summed E-state index contributed by atoms with van der Waals surface area (Å²) < 4.78 is 23.6. The summed E-state index contributed by atoms with van der Waals surface area (Å²) in [7, 11) is -1.22. The molecule has 1 N–H and O–H groups in total. The van der Waals surface area contributed by atoms with Gasteiger partial charge in [-0.05, 0) is 61.7 Å². The van der Waals surface area contributed by atoms with Crippen molar-refractivity contribution in [1.82, 2.24) is 5.32 Å². The van der Waals surface area contributed by atoms with E-state index in [4.69, 9.17) is 9.15 Å². The number of hydrogen-bond acceptors (Lipinski definition) is 4. The summed E-state index contributed by atoms with van der Waals surface area (Å²) in [6.45, 7) is 5.01. The van der Waals surface area contributed by atoms with Crippen LogP contribution < -0.4 is 10.1 Å². The van der Waals surface area contributed by atoms with Gasteiger partial charge in [0.1, 0.15) is 11.5 Å². The van der Waals surface area contributed by atoms with Crippen LogP contribution in [0.25, 0.3) is 0 Å². The van der Waals surface area contributed by atoms with E-state index in [-0.39, 0.29) is 17.4 Å². The predicted octanol–water partition coefficient (Wildman–Crippen LogP) is 4.27. The Morgan fingerprint density at radius 3 is 2.55 bits per heavy atom. The van der Waals surface area contributed by atoms with Crippen molar-refractivity contribution in [2.75, 3.05) is 13.2 Å². The predicted molar refractivity (Wildman–Crippen MR) is 114 cm³/mol. The van der Waals surface area contributed by atoms with Gasteiger partial charge in [0, 0.05) is 11.4 Å². The Morgan fingerprint density at radius 1 is 1.07 bits per heavy atom. The SMILES string of the molecule is CCOc1ccc(CCNC(=O)c2ccc(CS(=O)c3ccccc3C)o2)cc1.